The van der Waals surface area contributed by atoms with Crippen molar-refractivity contribution in [2.75, 3.05) is 31.1 Å². The molecule has 0 bridgehead atoms. The Morgan fingerprint density at radius 2 is 1.55 bits per heavy atom. The quantitative estimate of drug-likeness (QED) is 0.366. The van der Waals surface area contributed by atoms with Crippen molar-refractivity contribution in [2.45, 2.75) is 12.7 Å². The van der Waals surface area contributed by atoms with Crippen LogP contribution in [0.3, 0.4) is 0 Å². The maximum absolute atomic E-state index is 13.5. The van der Waals surface area contributed by atoms with E-state index in [1.807, 2.05) is 53.6 Å². The molecule has 0 amide bonds. The van der Waals surface area contributed by atoms with Crippen molar-refractivity contribution in [3.05, 3.63) is 89.2 Å². The molecule has 1 saturated heterocycles. The standard InChI is InChI=1S/C25H22ClF3N4/c26-19-10-8-18(9-11-19)24-22(33-12-4-3-7-23(33)30-24)17-31-13-15-32(16-14-31)21-6-2-1-5-20(21)25(27,28)29/h1-12H,13-17H2. The number of halogens is 4. The number of imidazole rings is 1. The molecule has 0 N–H and O–H groups in total. The number of rotatable bonds is 4. The van der Waals surface area contributed by atoms with Gasteiger partial charge in [-0.25, -0.2) is 4.98 Å². The predicted molar refractivity (Wildman–Crippen MR) is 125 cm³/mol. The van der Waals surface area contributed by atoms with Crippen molar-refractivity contribution in [3.8, 4) is 11.3 Å². The van der Waals surface area contributed by atoms with Gasteiger partial charge >= 0.3 is 6.18 Å². The zero-order chi connectivity index (χ0) is 23.0. The van der Waals surface area contributed by atoms with Gasteiger partial charge in [0.05, 0.1) is 17.0 Å². The van der Waals surface area contributed by atoms with E-state index in [1.54, 1.807) is 12.1 Å². The van der Waals surface area contributed by atoms with E-state index >= 15 is 0 Å². The molecule has 1 fully saturated rings. The van der Waals surface area contributed by atoms with Crippen molar-refractivity contribution < 1.29 is 13.2 Å². The second-order valence-electron chi connectivity index (χ2n) is 8.12. The van der Waals surface area contributed by atoms with E-state index in [0.717, 1.165) is 28.7 Å². The largest absolute Gasteiger partial charge is 0.418 e. The van der Waals surface area contributed by atoms with Crippen LogP contribution in [-0.4, -0.2) is 40.5 Å². The summed E-state index contributed by atoms with van der Waals surface area (Å²) in [5.74, 6) is 0. The SMILES string of the molecule is FC(F)(F)c1ccccc1N1CCN(Cc2c(-c3ccc(Cl)cc3)nc3ccccn23)CC1. The number of hydrogen-bond donors (Lipinski definition) is 0. The number of anilines is 1. The summed E-state index contributed by atoms with van der Waals surface area (Å²) >= 11 is 6.07. The molecule has 1 aliphatic rings. The van der Waals surface area contributed by atoms with Crippen LogP contribution < -0.4 is 4.90 Å². The van der Waals surface area contributed by atoms with E-state index in [0.29, 0.717) is 37.7 Å². The number of piperazine rings is 1. The monoisotopic (exact) mass is 470 g/mol. The fourth-order valence-electron chi connectivity index (χ4n) is 4.38. The van der Waals surface area contributed by atoms with Crippen LogP contribution in [0.15, 0.2) is 72.9 Å². The number of nitrogens with zero attached hydrogens (tertiary/aromatic N) is 4. The average Bonchev–Trinajstić information content (AvgIpc) is 3.18. The zero-order valence-electron chi connectivity index (χ0n) is 17.8. The Labute approximate surface area is 194 Å². The lowest BCUT2D eigenvalue weighted by Crippen LogP contribution is -2.46. The van der Waals surface area contributed by atoms with Gasteiger partial charge in [-0.1, -0.05) is 41.9 Å². The fourth-order valence-corrected chi connectivity index (χ4v) is 4.51. The van der Waals surface area contributed by atoms with Gasteiger partial charge in [-0.3, -0.25) is 4.90 Å². The van der Waals surface area contributed by atoms with Gasteiger partial charge in [0.2, 0.25) is 0 Å². The van der Waals surface area contributed by atoms with E-state index in [2.05, 4.69) is 9.30 Å². The molecule has 2 aromatic heterocycles. The molecule has 8 heteroatoms. The molecule has 0 radical (unpaired) electrons. The lowest BCUT2D eigenvalue weighted by molar-refractivity contribution is -0.137. The number of benzene rings is 2. The van der Waals surface area contributed by atoms with Crippen LogP contribution in [-0.2, 0) is 12.7 Å². The molecule has 0 spiro atoms. The average molecular weight is 471 g/mol. The Hall–Kier alpha value is -3.03. The summed E-state index contributed by atoms with van der Waals surface area (Å²) in [4.78, 5) is 8.93. The number of alkyl halides is 3. The summed E-state index contributed by atoms with van der Waals surface area (Å²) in [7, 11) is 0. The third-order valence-electron chi connectivity index (χ3n) is 6.04. The summed E-state index contributed by atoms with van der Waals surface area (Å²) in [6, 6.07) is 19.3. The lowest BCUT2D eigenvalue weighted by atomic mass is 10.1. The first-order chi connectivity index (χ1) is 15.9. The van der Waals surface area contributed by atoms with Crippen LogP contribution in [0.2, 0.25) is 5.02 Å². The van der Waals surface area contributed by atoms with Gasteiger partial charge in [-0.15, -0.1) is 0 Å². The second kappa shape index (κ2) is 8.72. The van der Waals surface area contributed by atoms with Gasteiger partial charge in [0.15, 0.2) is 0 Å². The number of pyridine rings is 1. The first-order valence-electron chi connectivity index (χ1n) is 10.8. The fraction of sp³-hybridized carbons (Fsp3) is 0.240. The highest BCUT2D eigenvalue weighted by atomic mass is 35.5. The van der Waals surface area contributed by atoms with Crippen molar-refractivity contribution >= 4 is 22.9 Å². The summed E-state index contributed by atoms with van der Waals surface area (Å²) in [5, 5.41) is 0.666. The Morgan fingerprint density at radius 1 is 0.848 bits per heavy atom. The molecule has 170 valence electrons. The van der Waals surface area contributed by atoms with E-state index in [-0.39, 0.29) is 5.69 Å². The highest BCUT2D eigenvalue weighted by Crippen LogP contribution is 2.37. The van der Waals surface area contributed by atoms with Gasteiger partial charge in [-0.2, -0.15) is 13.2 Å². The number of para-hydroxylation sites is 1. The summed E-state index contributed by atoms with van der Waals surface area (Å²) in [5.41, 5.74) is 3.46. The van der Waals surface area contributed by atoms with Crippen LogP contribution in [0, 0.1) is 0 Å². The number of hydrogen-bond acceptors (Lipinski definition) is 3. The maximum Gasteiger partial charge on any atom is 0.418 e. The molecular weight excluding hydrogens is 449 g/mol. The van der Waals surface area contributed by atoms with Crippen LogP contribution in [0.1, 0.15) is 11.3 Å². The molecule has 5 rings (SSSR count). The minimum absolute atomic E-state index is 0.251. The Bertz CT molecular complexity index is 1260. The smallest absolute Gasteiger partial charge is 0.368 e. The van der Waals surface area contributed by atoms with E-state index < -0.39 is 11.7 Å². The van der Waals surface area contributed by atoms with Gasteiger partial charge < -0.3 is 9.30 Å². The second-order valence-corrected chi connectivity index (χ2v) is 8.56. The minimum Gasteiger partial charge on any atom is -0.368 e. The van der Waals surface area contributed by atoms with Crippen LogP contribution in [0.4, 0.5) is 18.9 Å². The molecule has 0 saturated carbocycles. The maximum atomic E-state index is 13.5. The number of aromatic nitrogens is 2. The highest BCUT2D eigenvalue weighted by molar-refractivity contribution is 6.30. The van der Waals surface area contributed by atoms with Crippen molar-refractivity contribution in [2.24, 2.45) is 0 Å². The van der Waals surface area contributed by atoms with Crippen molar-refractivity contribution in [1.29, 1.82) is 0 Å². The first-order valence-corrected chi connectivity index (χ1v) is 11.1. The molecule has 0 atom stereocenters. The molecular formula is C25H22ClF3N4. The van der Waals surface area contributed by atoms with Gasteiger partial charge in [-0.05, 0) is 36.4 Å². The minimum atomic E-state index is -4.36. The van der Waals surface area contributed by atoms with Crippen LogP contribution in [0.5, 0.6) is 0 Å². The summed E-state index contributed by atoms with van der Waals surface area (Å²) in [6.45, 7) is 3.02. The normalized spacial score (nSPS) is 15.3. The zero-order valence-corrected chi connectivity index (χ0v) is 18.5. The predicted octanol–water partition coefficient (Wildman–Crippen LogP) is 6.00. The molecule has 4 nitrogen and oxygen atoms in total. The summed E-state index contributed by atoms with van der Waals surface area (Å²) < 4.78 is 42.4. The van der Waals surface area contributed by atoms with Gasteiger partial charge in [0.1, 0.15) is 5.65 Å². The molecule has 0 unspecified atom stereocenters. The van der Waals surface area contributed by atoms with E-state index in [9.17, 15) is 13.2 Å². The van der Waals surface area contributed by atoms with Gasteiger partial charge in [0.25, 0.3) is 0 Å². The van der Waals surface area contributed by atoms with Crippen LogP contribution in [0.25, 0.3) is 16.9 Å². The van der Waals surface area contributed by atoms with Crippen molar-refractivity contribution in [1.82, 2.24) is 14.3 Å². The van der Waals surface area contributed by atoms with Crippen LogP contribution >= 0.6 is 11.6 Å². The summed E-state index contributed by atoms with van der Waals surface area (Å²) in [6.07, 6.45) is -2.37. The van der Waals surface area contributed by atoms with Crippen molar-refractivity contribution in [3.63, 3.8) is 0 Å². The molecule has 1 aliphatic heterocycles. The Balaban J connectivity index is 1.38. The lowest BCUT2D eigenvalue weighted by Gasteiger charge is -2.37. The molecule has 33 heavy (non-hydrogen) atoms. The molecule has 4 aromatic rings. The third-order valence-corrected chi connectivity index (χ3v) is 6.29. The Kier molecular flexibility index (Phi) is 5.76. The molecule has 0 aliphatic carbocycles. The molecule has 2 aromatic carbocycles. The number of fused-ring (bicyclic) bond motifs is 1. The topological polar surface area (TPSA) is 23.8 Å². The van der Waals surface area contributed by atoms with E-state index in [4.69, 9.17) is 16.6 Å². The van der Waals surface area contributed by atoms with E-state index in [1.165, 1.54) is 6.07 Å². The molecule has 3 heterocycles. The highest BCUT2D eigenvalue weighted by Gasteiger charge is 2.35. The first kappa shape index (κ1) is 21.8. The Morgan fingerprint density at radius 3 is 2.27 bits per heavy atom. The third kappa shape index (κ3) is 4.43. The van der Waals surface area contributed by atoms with Gasteiger partial charge in [0, 0.05) is 55.2 Å².